The molecule has 1 fully saturated rings. The fraction of sp³-hybridized carbons (Fsp3) is 0.350. The maximum atomic E-state index is 13.0. The second kappa shape index (κ2) is 7.54. The van der Waals surface area contributed by atoms with Crippen LogP contribution in [0.15, 0.2) is 47.8 Å². The van der Waals surface area contributed by atoms with Gasteiger partial charge in [-0.15, -0.1) is 0 Å². The largest absolute Gasteiger partial charge is 0.355 e. The number of hydrogen-bond acceptors (Lipinski definition) is 6. The van der Waals surface area contributed by atoms with Crippen LogP contribution >= 0.6 is 0 Å². The molecule has 27 heavy (non-hydrogen) atoms. The van der Waals surface area contributed by atoms with Gasteiger partial charge in [0.25, 0.3) is 0 Å². The first-order valence-electron chi connectivity index (χ1n) is 9.14. The number of hydrogen-bond donors (Lipinski definition) is 0. The molecule has 0 bridgehead atoms. The van der Waals surface area contributed by atoms with Gasteiger partial charge in [0, 0.05) is 31.6 Å². The molecule has 136 valence electrons. The van der Waals surface area contributed by atoms with Gasteiger partial charge in [0.05, 0.1) is 18.4 Å². The Labute approximate surface area is 158 Å². The summed E-state index contributed by atoms with van der Waals surface area (Å²) >= 11 is 0. The fourth-order valence-corrected chi connectivity index (χ4v) is 3.66. The van der Waals surface area contributed by atoms with Crippen molar-refractivity contribution < 1.29 is 4.79 Å². The Morgan fingerprint density at radius 2 is 1.89 bits per heavy atom. The van der Waals surface area contributed by atoms with Crippen LogP contribution in [-0.4, -0.2) is 40.2 Å². The summed E-state index contributed by atoms with van der Waals surface area (Å²) in [5.41, 5.74) is 1.43. The van der Waals surface area contributed by atoms with Gasteiger partial charge in [0.15, 0.2) is 5.69 Å². The molecule has 0 aliphatic carbocycles. The number of nitrogens with zero attached hydrogens (tertiary/aromatic N) is 6. The van der Waals surface area contributed by atoms with Crippen LogP contribution in [0.2, 0.25) is 0 Å². The van der Waals surface area contributed by atoms with E-state index in [9.17, 15) is 4.79 Å². The average molecular weight is 360 g/mol. The van der Waals surface area contributed by atoms with Gasteiger partial charge in [0.2, 0.25) is 5.91 Å². The molecule has 7 nitrogen and oxygen atoms in total. The zero-order chi connectivity index (χ0) is 18.6. The monoisotopic (exact) mass is 360 g/mol. The van der Waals surface area contributed by atoms with Crippen molar-refractivity contribution in [2.24, 2.45) is 11.0 Å². The topological polar surface area (TPSA) is 85.5 Å². The summed E-state index contributed by atoms with van der Waals surface area (Å²) in [6.07, 6.45) is 7.21. The predicted molar refractivity (Wildman–Crippen MR) is 101 cm³/mol. The van der Waals surface area contributed by atoms with Crippen LogP contribution in [0.3, 0.4) is 0 Å². The summed E-state index contributed by atoms with van der Waals surface area (Å²) < 4.78 is 0. The Kier molecular flexibility index (Phi) is 4.79. The number of carbonyl (C=O) groups is 1. The summed E-state index contributed by atoms with van der Waals surface area (Å²) in [6, 6.07) is 12.0. The Morgan fingerprint density at radius 3 is 2.56 bits per heavy atom. The summed E-state index contributed by atoms with van der Waals surface area (Å²) in [6.45, 7) is 1.48. The minimum Gasteiger partial charge on any atom is -0.355 e. The smallest absolute Gasteiger partial charge is 0.246 e. The lowest BCUT2D eigenvalue weighted by Gasteiger charge is -2.34. The van der Waals surface area contributed by atoms with Crippen molar-refractivity contribution in [3.05, 3.63) is 54.0 Å². The van der Waals surface area contributed by atoms with Gasteiger partial charge in [-0.3, -0.25) is 4.79 Å². The van der Waals surface area contributed by atoms with E-state index in [0.29, 0.717) is 5.69 Å². The molecule has 4 rings (SSSR count). The number of rotatable bonds is 3. The molecular weight excluding hydrogens is 340 g/mol. The highest BCUT2D eigenvalue weighted by molar-refractivity contribution is 5.82. The van der Waals surface area contributed by atoms with E-state index in [1.165, 1.54) is 6.20 Å². The highest BCUT2D eigenvalue weighted by Gasteiger charge is 2.34. The molecular formula is C20H20N6O. The molecule has 1 atom stereocenters. The highest BCUT2D eigenvalue weighted by atomic mass is 16.2. The van der Waals surface area contributed by atoms with Gasteiger partial charge in [-0.2, -0.15) is 10.4 Å². The summed E-state index contributed by atoms with van der Waals surface area (Å²) in [5, 5.41) is 14.8. The van der Waals surface area contributed by atoms with Crippen LogP contribution in [0.5, 0.6) is 0 Å². The van der Waals surface area contributed by atoms with Crippen LogP contribution in [0.1, 0.15) is 36.6 Å². The molecule has 2 aromatic rings. The number of hydrazone groups is 1. The van der Waals surface area contributed by atoms with Crippen LogP contribution in [-0.2, 0) is 4.79 Å². The van der Waals surface area contributed by atoms with Crippen molar-refractivity contribution >= 4 is 17.9 Å². The first kappa shape index (κ1) is 17.2. The minimum absolute atomic E-state index is 0.00104. The molecule has 0 spiro atoms. The molecule has 0 saturated carbocycles. The van der Waals surface area contributed by atoms with E-state index in [4.69, 9.17) is 5.26 Å². The molecule has 0 radical (unpaired) electrons. The minimum atomic E-state index is -0.0333. The van der Waals surface area contributed by atoms with Crippen molar-refractivity contribution in [2.45, 2.75) is 25.3 Å². The number of anilines is 1. The number of nitriles is 1. The van der Waals surface area contributed by atoms with Crippen molar-refractivity contribution in [1.82, 2.24) is 15.0 Å². The Morgan fingerprint density at radius 1 is 1.11 bits per heavy atom. The van der Waals surface area contributed by atoms with Gasteiger partial charge in [0.1, 0.15) is 11.9 Å². The number of piperidine rings is 1. The third-order valence-electron chi connectivity index (χ3n) is 5.16. The molecule has 7 heteroatoms. The van der Waals surface area contributed by atoms with Crippen LogP contribution < -0.4 is 4.90 Å². The van der Waals surface area contributed by atoms with Crippen molar-refractivity contribution in [1.29, 1.82) is 5.26 Å². The first-order valence-corrected chi connectivity index (χ1v) is 9.14. The van der Waals surface area contributed by atoms with Crippen LogP contribution in [0.25, 0.3) is 0 Å². The van der Waals surface area contributed by atoms with Crippen molar-refractivity contribution in [3.63, 3.8) is 0 Å². The van der Waals surface area contributed by atoms with Gasteiger partial charge in [-0.05, 0) is 18.4 Å². The van der Waals surface area contributed by atoms with Gasteiger partial charge >= 0.3 is 0 Å². The third kappa shape index (κ3) is 3.51. The number of benzene rings is 1. The third-order valence-corrected chi connectivity index (χ3v) is 5.16. The molecule has 2 aliphatic rings. The summed E-state index contributed by atoms with van der Waals surface area (Å²) in [7, 11) is 0. The maximum absolute atomic E-state index is 13.0. The first-order chi connectivity index (χ1) is 13.3. The van der Waals surface area contributed by atoms with Crippen molar-refractivity contribution in [2.75, 3.05) is 18.0 Å². The lowest BCUT2D eigenvalue weighted by atomic mass is 9.94. The van der Waals surface area contributed by atoms with E-state index in [1.807, 2.05) is 42.6 Å². The number of amides is 1. The Hall–Kier alpha value is -3.27. The van der Waals surface area contributed by atoms with E-state index >= 15 is 0 Å². The van der Waals surface area contributed by atoms with Gasteiger partial charge in [-0.25, -0.2) is 15.0 Å². The van der Waals surface area contributed by atoms with Crippen LogP contribution in [0, 0.1) is 17.2 Å². The Balaban J connectivity index is 1.39. The van der Waals surface area contributed by atoms with Crippen LogP contribution in [0.4, 0.5) is 5.82 Å². The second-order valence-electron chi connectivity index (χ2n) is 6.78. The molecule has 0 N–H and O–H groups in total. The molecule has 1 saturated heterocycles. The maximum Gasteiger partial charge on any atom is 0.246 e. The number of carbonyl (C=O) groups excluding carboxylic acids is 1. The average Bonchev–Trinajstić information content (AvgIpc) is 3.24. The lowest BCUT2D eigenvalue weighted by Crippen LogP contribution is -2.41. The second-order valence-corrected chi connectivity index (χ2v) is 6.78. The highest BCUT2D eigenvalue weighted by Crippen LogP contribution is 2.32. The van der Waals surface area contributed by atoms with E-state index in [-0.39, 0.29) is 17.9 Å². The number of aromatic nitrogens is 2. The van der Waals surface area contributed by atoms with E-state index in [2.05, 4.69) is 20.0 Å². The standard InChI is InChI=1S/C20H20N6O/c21-12-17-13-23-19(14-22-17)25-10-7-16(8-11-25)20(27)26-18(6-9-24-26)15-4-2-1-3-5-15/h1-5,9,13-14,16,18H,6-8,10-11H2/t18-/m0/s1. The predicted octanol–water partition coefficient (Wildman–Crippen LogP) is 2.52. The zero-order valence-electron chi connectivity index (χ0n) is 14.9. The van der Waals surface area contributed by atoms with E-state index < -0.39 is 0 Å². The Bertz CT molecular complexity index is 866. The summed E-state index contributed by atoms with van der Waals surface area (Å²) in [5.74, 6) is 0.818. The lowest BCUT2D eigenvalue weighted by molar-refractivity contribution is -0.138. The molecule has 1 amide bonds. The molecule has 0 unspecified atom stereocenters. The summed E-state index contributed by atoms with van der Waals surface area (Å²) in [4.78, 5) is 23.5. The molecule has 1 aromatic carbocycles. The zero-order valence-corrected chi connectivity index (χ0v) is 14.9. The molecule has 3 heterocycles. The molecule has 2 aliphatic heterocycles. The van der Waals surface area contributed by atoms with Crippen molar-refractivity contribution in [3.8, 4) is 6.07 Å². The molecule has 1 aromatic heterocycles. The van der Waals surface area contributed by atoms with Gasteiger partial charge in [-0.1, -0.05) is 30.3 Å². The van der Waals surface area contributed by atoms with E-state index in [1.54, 1.807) is 11.2 Å². The quantitative estimate of drug-likeness (QED) is 0.839. The fourth-order valence-electron chi connectivity index (χ4n) is 3.66. The normalized spacial score (nSPS) is 19.9. The SMILES string of the molecule is N#Cc1cnc(N2CCC(C(=O)N3N=CC[C@H]3c3ccccc3)CC2)cn1. The van der Waals surface area contributed by atoms with Gasteiger partial charge < -0.3 is 4.90 Å². The van der Waals surface area contributed by atoms with E-state index in [0.717, 1.165) is 43.7 Å².